The second kappa shape index (κ2) is 11.0. The molecule has 1 aliphatic heterocycles. The van der Waals surface area contributed by atoms with Crippen LogP contribution in [-0.2, 0) is 4.79 Å². The molecular weight excluding hydrogens is 369 g/mol. The van der Waals surface area contributed by atoms with Crippen LogP contribution in [0, 0.1) is 5.41 Å². The number of hydrogen-bond donors (Lipinski definition) is 2. The number of hydrogen-bond acceptors (Lipinski definition) is 3. The van der Waals surface area contributed by atoms with E-state index in [1.54, 1.807) is 0 Å². The molecule has 1 amide bonds. The van der Waals surface area contributed by atoms with Gasteiger partial charge in [-0.15, -0.1) is 24.8 Å². The number of rotatable bonds is 5. The van der Waals surface area contributed by atoms with Crippen molar-refractivity contribution in [2.75, 3.05) is 24.5 Å². The number of para-hydroxylation sites is 1. The van der Waals surface area contributed by atoms with Gasteiger partial charge in [-0.2, -0.15) is 0 Å². The van der Waals surface area contributed by atoms with Gasteiger partial charge in [-0.05, 0) is 49.8 Å². The van der Waals surface area contributed by atoms with E-state index < -0.39 is 0 Å². The van der Waals surface area contributed by atoms with Crippen LogP contribution in [0.2, 0.25) is 0 Å². The Balaban J connectivity index is 0.00000169. The minimum absolute atomic E-state index is 0. The van der Waals surface area contributed by atoms with E-state index in [1.165, 1.54) is 24.9 Å². The lowest BCUT2D eigenvalue weighted by molar-refractivity contribution is -0.124. The molecule has 1 aliphatic carbocycles. The molecule has 4 nitrogen and oxygen atoms in total. The summed E-state index contributed by atoms with van der Waals surface area (Å²) < 4.78 is 0. The molecule has 0 atom stereocenters. The van der Waals surface area contributed by atoms with E-state index in [0.717, 1.165) is 38.8 Å². The average molecular weight is 402 g/mol. The Hall–Kier alpha value is -0.970. The van der Waals surface area contributed by atoms with Crippen LogP contribution in [-0.4, -0.2) is 31.6 Å². The van der Waals surface area contributed by atoms with Crippen LogP contribution in [0.15, 0.2) is 30.3 Å². The zero-order chi connectivity index (χ0) is 16.8. The van der Waals surface area contributed by atoms with Gasteiger partial charge < -0.3 is 16.0 Å². The van der Waals surface area contributed by atoms with Crippen LogP contribution in [0.4, 0.5) is 5.69 Å². The lowest BCUT2D eigenvalue weighted by Crippen LogP contribution is -2.46. The topological polar surface area (TPSA) is 58.4 Å². The molecule has 0 bridgehead atoms. The van der Waals surface area contributed by atoms with E-state index in [0.29, 0.717) is 19.0 Å². The standard InChI is InChI=1S/C20H31N3O.2ClH/c21-16-20(11-5-2-6-12-20)15-19(24)22-17-9-13-23(14-10-17)18-7-3-1-4-8-18;;/h1,3-4,7-8,17H,2,5-6,9-16,21H2,(H,22,24);2*1H. The molecule has 0 unspecified atom stereocenters. The molecule has 1 aromatic rings. The van der Waals surface area contributed by atoms with E-state index in [2.05, 4.69) is 40.5 Å². The zero-order valence-electron chi connectivity index (χ0n) is 15.5. The smallest absolute Gasteiger partial charge is 0.220 e. The number of benzene rings is 1. The van der Waals surface area contributed by atoms with Gasteiger partial charge in [-0.1, -0.05) is 37.5 Å². The summed E-state index contributed by atoms with van der Waals surface area (Å²) in [4.78, 5) is 14.9. The van der Waals surface area contributed by atoms with Crippen molar-refractivity contribution in [1.82, 2.24) is 5.32 Å². The van der Waals surface area contributed by atoms with Gasteiger partial charge in [0.25, 0.3) is 0 Å². The second-order valence-corrected chi connectivity index (χ2v) is 7.61. The number of piperidine rings is 1. The van der Waals surface area contributed by atoms with Crippen LogP contribution in [0.25, 0.3) is 0 Å². The highest BCUT2D eigenvalue weighted by atomic mass is 35.5. The normalized spacial score (nSPS) is 19.8. The number of anilines is 1. The lowest BCUT2D eigenvalue weighted by Gasteiger charge is -2.37. The van der Waals surface area contributed by atoms with Crippen molar-refractivity contribution in [2.24, 2.45) is 11.1 Å². The fourth-order valence-electron chi connectivity index (χ4n) is 4.29. The first-order chi connectivity index (χ1) is 11.7. The molecule has 3 rings (SSSR count). The Kier molecular flexibility index (Phi) is 9.77. The number of halogens is 2. The number of nitrogens with two attached hydrogens (primary N) is 1. The molecule has 6 heteroatoms. The van der Waals surface area contributed by atoms with E-state index >= 15 is 0 Å². The highest BCUT2D eigenvalue weighted by Crippen LogP contribution is 2.38. The molecule has 1 saturated heterocycles. The summed E-state index contributed by atoms with van der Waals surface area (Å²) in [6.07, 6.45) is 8.63. The van der Waals surface area contributed by atoms with E-state index in [-0.39, 0.29) is 36.1 Å². The molecular formula is C20H33Cl2N3O. The van der Waals surface area contributed by atoms with Gasteiger partial charge in [0, 0.05) is 31.2 Å². The second-order valence-electron chi connectivity index (χ2n) is 7.61. The summed E-state index contributed by atoms with van der Waals surface area (Å²) in [5.74, 6) is 0.209. The lowest BCUT2D eigenvalue weighted by atomic mass is 9.71. The maximum Gasteiger partial charge on any atom is 0.220 e. The Morgan fingerprint density at radius 3 is 2.27 bits per heavy atom. The number of nitrogens with one attached hydrogen (secondary N) is 1. The van der Waals surface area contributed by atoms with Crippen molar-refractivity contribution in [2.45, 2.75) is 57.4 Å². The van der Waals surface area contributed by atoms with Crippen molar-refractivity contribution in [3.8, 4) is 0 Å². The summed E-state index contributed by atoms with van der Waals surface area (Å²) in [6, 6.07) is 10.9. The SMILES string of the molecule is Cl.Cl.NCC1(CC(=O)NC2CCN(c3ccccc3)CC2)CCCCC1. The minimum Gasteiger partial charge on any atom is -0.371 e. The summed E-state index contributed by atoms with van der Waals surface area (Å²) in [5, 5.41) is 3.28. The van der Waals surface area contributed by atoms with Crippen molar-refractivity contribution in [3.05, 3.63) is 30.3 Å². The zero-order valence-corrected chi connectivity index (χ0v) is 17.1. The Morgan fingerprint density at radius 1 is 1.08 bits per heavy atom. The third-order valence-electron chi connectivity index (χ3n) is 5.86. The van der Waals surface area contributed by atoms with Crippen LogP contribution in [0.5, 0.6) is 0 Å². The van der Waals surface area contributed by atoms with E-state index in [1.807, 2.05) is 0 Å². The third-order valence-corrected chi connectivity index (χ3v) is 5.86. The minimum atomic E-state index is 0. The fourth-order valence-corrected chi connectivity index (χ4v) is 4.29. The van der Waals surface area contributed by atoms with Gasteiger partial charge in [-0.3, -0.25) is 4.79 Å². The highest BCUT2D eigenvalue weighted by Gasteiger charge is 2.33. The molecule has 1 aromatic carbocycles. The van der Waals surface area contributed by atoms with E-state index in [9.17, 15) is 4.79 Å². The van der Waals surface area contributed by atoms with Crippen LogP contribution >= 0.6 is 24.8 Å². The van der Waals surface area contributed by atoms with Crippen molar-refractivity contribution in [1.29, 1.82) is 0 Å². The van der Waals surface area contributed by atoms with Crippen molar-refractivity contribution >= 4 is 36.4 Å². The molecule has 2 fully saturated rings. The predicted octanol–water partition coefficient (Wildman–Crippen LogP) is 3.91. The van der Waals surface area contributed by atoms with Gasteiger partial charge in [0.05, 0.1) is 0 Å². The molecule has 1 saturated carbocycles. The number of carbonyl (C=O) groups is 1. The monoisotopic (exact) mass is 401 g/mol. The van der Waals surface area contributed by atoms with Gasteiger partial charge in [0.1, 0.15) is 0 Å². The van der Waals surface area contributed by atoms with Gasteiger partial charge >= 0.3 is 0 Å². The summed E-state index contributed by atoms with van der Waals surface area (Å²) in [6.45, 7) is 2.67. The number of nitrogens with zero attached hydrogens (tertiary/aromatic N) is 1. The molecule has 26 heavy (non-hydrogen) atoms. The van der Waals surface area contributed by atoms with E-state index in [4.69, 9.17) is 5.73 Å². The Morgan fingerprint density at radius 2 is 1.69 bits per heavy atom. The fraction of sp³-hybridized carbons (Fsp3) is 0.650. The van der Waals surface area contributed by atoms with Gasteiger partial charge in [0.15, 0.2) is 0 Å². The Bertz CT molecular complexity index is 527. The first kappa shape index (κ1) is 23.1. The van der Waals surface area contributed by atoms with Crippen LogP contribution in [0.3, 0.4) is 0 Å². The molecule has 0 aromatic heterocycles. The average Bonchev–Trinajstić information content (AvgIpc) is 2.64. The molecule has 0 spiro atoms. The molecule has 0 radical (unpaired) electrons. The quantitative estimate of drug-likeness (QED) is 0.785. The molecule has 2 aliphatic rings. The van der Waals surface area contributed by atoms with Crippen molar-refractivity contribution in [3.63, 3.8) is 0 Å². The maximum absolute atomic E-state index is 12.5. The third kappa shape index (κ3) is 6.04. The molecule has 1 heterocycles. The van der Waals surface area contributed by atoms with Gasteiger partial charge in [-0.25, -0.2) is 0 Å². The first-order valence-electron chi connectivity index (χ1n) is 9.50. The predicted molar refractivity (Wildman–Crippen MR) is 114 cm³/mol. The first-order valence-corrected chi connectivity index (χ1v) is 9.50. The largest absolute Gasteiger partial charge is 0.371 e. The van der Waals surface area contributed by atoms with Gasteiger partial charge in [0.2, 0.25) is 5.91 Å². The highest BCUT2D eigenvalue weighted by molar-refractivity contribution is 5.85. The maximum atomic E-state index is 12.5. The van der Waals surface area contributed by atoms with Crippen LogP contribution < -0.4 is 16.0 Å². The molecule has 148 valence electrons. The molecule has 3 N–H and O–H groups in total. The van der Waals surface area contributed by atoms with Crippen molar-refractivity contribution < 1.29 is 4.79 Å². The summed E-state index contributed by atoms with van der Waals surface area (Å²) in [7, 11) is 0. The number of carbonyl (C=O) groups excluding carboxylic acids is 1. The van der Waals surface area contributed by atoms with Crippen LogP contribution in [0.1, 0.15) is 51.4 Å². The number of amides is 1. The summed E-state index contributed by atoms with van der Waals surface area (Å²) >= 11 is 0. The summed E-state index contributed by atoms with van der Waals surface area (Å²) in [5.41, 5.74) is 7.36. The Labute approximate surface area is 170 Å².